The number of amides is 1. The summed E-state index contributed by atoms with van der Waals surface area (Å²) in [6.45, 7) is 8.22. The van der Waals surface area contributed by atoms with Gasteiger partial charge in [-0.2, -0.15) is 0 Å². The molecule has 1 aliphatic heterocycles. The Balaban J connectivity index is 1.58. The normalized spacial score (nSPS) is 21.3. The van der Waals surface area contributed by atoms with Crippen LogP contribution in [-0.2, 0) is 11.8 Å². The van der Waals surface area contributed by atoms with E-state index >= 15 is 0 Å². The highest BCUT2D eigenvalue weighted by molar-refractivity contribution is 5.83. The van der Waals surface area contributed by atoms with Crippen LogP contribution in [0.1, 0.15) is 76.6 Å². The molecule has 6 nitrogen and oxygen atoms in total. The number of nitrogens with zero attached hydrogens (tertiary/aromatic N) is 4. The molecule has 1 saturated carbocycles. The zero-order valence-corrected chi connectivity index (χ0v) is 19.1. The molecule has 0 bridgehead atoms. The average Bonchev–Trinajstić information content (AvgIpc) is 3.48. The minimum atomic E-state index is -2.67. The molecule has 2 aromatic heterocycles. The maximum atomic E-state index is 13.6. The minimum Gasteiger partial charge on any atom is -0.341 e. The first-order valence-corrected chi connectivity index (χ1v) is 11.2. The van der Waals surface area contributed by atoms with E-state index in [0.717, 1.165) is 35.3 Å². The molecule has 3 heterocycles. The van der Waals surface area contributed by atoms with Crippen molar-refractivity contribution in [1.29, 1.82) is 0 Å². The third-order valence-corrected chi connectivity index (χ3v) is 6.51. The van der Waals surface area contributed by atoms with E-state index in [1.807, 2.05) is 51.7 Å². The molecule has 1 amide bonds. The summed E-state index contributed by atoms with van der Waals surface area (Å²) >= 11 is 0. The highest BCUT2D eigenvalue weighted by atomic mass is 19.3. The van der Waals surface area contributed by atoms with Gasteiger partial charge in [0, 0.05) is 56.7 Å². The van der Waals surface area contributed by atoms with Gasteiger partial charge in [-0.15, -0.1) is 0 Å². The van der Waals surface area contributed by atoms with Gasteiger partial charge in [-0.3, -0.25) is 10.1 Å². The smallest absolute Gasteiger partial charge is 0.251 e. The maximum absolute atomic E-state index is 13.6. The van der Waals surface area contributed by atoms with E-state index in [1.54, 1.807) is 4.90 Å². The van der Waals surface area contributed by atoms with Crippen molar-refractivity contribution in [2.45, 2.75) is 77.3 Å². The third kappa shape index (κ3) is 4.59. The van der Waals surface area contributed by atoms with Crippen LogP contribution in [0.5, 0.6) is 0 Å². The molecule has 1 aliphatic carbocycles. The van der Waals surface area contributed by atoms with Gasteiger partial charge in [0.15, 0.2) is 5.65 Å². The first-order chi connectivity index (χ1) is 14.5. The zero-order valence-electron chi connectivity index (χ0n) is 19.1. The van der Waals surface area contributed by atoms with Crippen molar-refractivity contribution in [3.05, 3.63) is 23.7 Å². The van der Waals surface area contributed by atoms with Crippen molar-refractivity contribution in [3.8, 4) is 0 Å². The van der Waals surface area contributed by atoms with Gasteiger partial charge in [-0.1, -0.05) is 20.8 Å². The van der Waals surface area contributed by atoms with E-state index in [2.05, 4.69) is 10.3 Å². The van der Waals surface area contributed by atoms with Gasteiger partial charge in [-0.25, -0.2) is 18.7 Å². The fourth-order valence-corrected chi connectivity index (χ4v) is 4.34. The summed E-state index contributed by atoms with van der Waals surface area (Å²) in [4.78, 5) is 24.4. The standard InChI is InChI=1S/C23H33F2N5O/c1-14(16-13-29(5)20-18(16)28-17(12-26-20)15-6-7-15)27-19(22(2,3)4)21(31)30-10-8-23(24,25)9-11-30/h12-15,19,27H,6-11H2,1-5H3. The summed E-state index contributed by atoms with van der Waals surface area (Å²) in [5.74, 6) is -2.27. The van der Waals surface area contributed by atoms with Gasteiger partial charge in [0.1, 0.15) is 5.52 Å². The van der Waals surface area contributed by atoms with Gasteiger partial charge >= 0.3 is 0 Å². The number of fused-ring (bicyclic) bond motifs is 1. The van der Waals surface area contributed by atoms with Gasteiger partial charge < -0.3 is 9.47 Å². The summed E-state index contributed by atoms with van der Waals surface area (Å²) < 4.78 is 29.1. The van der Waals surface area contributed by atoms with Crippen LogP contribution >= 0.6 is 0 Å². The predicted octanol–water partition coefficient (Wildman–Crippen LogP) is 4.17. The second-order valence-electron chi connectivity index (χ2n) is 10.3. The van der Waals surface area contributed by atoms with Gasteiger partial charge in [0.2, 0.25) is 5.91 Å². The Morgan fingerprint density at radius 2 is 1.90 bits per heavy atom. The molecule has 0 spiro atoms. The molecule has 0 aromatic carbocycles. The molecule has 1 N–H and O–H groups in total. The number of alkyl halides is 2. The van der Waals surface area contributed by atoms with Gasteiger partial charge in [0.05, 0.1) is 17.9 Å². The average molecular weight is 434 g/mol. The van der Waals surface area contributed by atoms with Crippen molar-refractivity contribution in [1.82, 2.24) is 24.8 Å². The van der Waals surface area contributed by atoms with Crippen LogP contribution in [0.15, 0.2) is 12.4 Å². The molecular weight excluding hydrogens is 400 g/mol. The first kappa shape index (κ1) is 22.1. The number of aryl methyl sites for hydroxylation is 1. The van der Waals surface area contributed by atoms with Crippen LogP contribution in [0.2, 0.25) is 0 Å². The molecule has 2 fully saturated rings. The number of likely N-dealkylation sites (tertiary alicyclic amines) is 1. The fraction of sp³-hybridized carbons (Fsp3) is 0.696. The van der Waals surface area contributed by atoms with E-state index in [9.17, 15) is 13.6 Å². The zero-order chi connectivity index (χ0) is 22.6. The second kappa shape index (κ2) is 7.80. The van der Waals surface area contributed by atoms with Crippen molar-refractivity contribution >= 4 is 17.1 Å². The number of piperidine rings is 1. The molecule has 2 unspecified atom stereocenters. The first-order valence-electron chi connectivity index (χ1n) is 11.2. The molecule has 1 saturated heterocycles. The second-order valence-corrected chi connectivity index (χ2v) is 10.3. The lowest BCUT2D eigenvalue weighted by atomic mass is 9.84. The Labute approximate surface area is 182 Å². The molecular formula is C23H33F2N5O. The predicted molar refractivity (Wildman–Crippen MR) is 116 cm³/mol. The number of rotatable bonds is 5. The molecule has 2 atom stereocenters. The fourth-order valence-electron chi connectivity index (χ4n) is 4.34. The van der Waals surface area contributed by atoms with Crippen molar-refractivity contribution in [2.24, 2.45) is 12.5 Å². The Hall–Kier alpha value is -2.09. The van der Waals surface area contributed by atoms with Crippen molar-refractivity contribution in [3.63, 3.8) is 0 Å². The molecule has 4 rings (SSSR count). The lowest BCUT2D eigenvalue weighted by Crippen LogP contribution is -2.55. The summed E-state index contributed by atoms with van der Waals surface area (Å²) in [7, 11) is 1.95. The van der Waals surface area contributed by atoms with Crippen LogP contribution in [0, 0.1) is 5.41 Å². The van der Waals surface area contributed by atoms with Crippen LogP contribution in [0.3, 0.4) is 0 Å². The third-order valence-electron chi connectivity index (χ3n) is 6.51. The summed E-state index contributed by atoms with van der Waals surface area (Å²) in [5.41, 5.74) is 3.35. The van der Waals surface area contributed by atoms with Gasteiger partial charge in [0.25, 0.3) is 5.92 Å². The largest absolute Gasteiger partial charge is 0.341 e. The van der Waals surface area contributed by atoms with Crippen LogP contribution in [-0.4, -0.2) is 50.4 Å². The van der Waals surface area contributed by atoms with Crippen LogP contribution in [0.4, 0.5) is 8.78 Å². The Bertz CT molecular complexity index is 966. The molecule has 2 aliphatic rings. The van der Waals surface area contributed by atoms with E-state index in [4.69, 9.17) is 4.98 Å². The number of aromatic nitrogens is 3. The van der Waals surface area contributed by atoms with E-state index < -0.39 is 12.0 Å². The Morgan fingerprint density at radius 1 is 1.26 bits per heavy atom. The summed E-state index contributed by atoms with van der Waals surface area (Å²) in [6, 6.07) is -0.643. The maximum Gasteiger partial charge on any atom is 0.251 e. The Morgan fingerprint density at radius 3 is 2.48 bits per heavy atom. The summed E-state index contributed by atoms with van der Waals surface area (Å²) in [5, 5.41) is 3.50. The number of nitrogens with one attached hydrogen (secondary N) is 1. The SMILES string of the molecule is CC(NC(C(=O)N1CCC(F)(F)CC1)C(C)(C)C)c1cn(C)c2ncc(C3CC3)nc12. The monoisotopic (exact) mass is 433 g/mol. The van der Waals surface area contributed by atoms with E-state index in [0.29, 0.717) is 5.92 Å². The summed E-state index contributed by atoms with van der Waals surface area (Å²) in [6.07, 6.45) is 5.67. The quantitative estimate of drug-likeness (QED) is 0.769. The molecule has 0 radical (unpaired) electrons. The number of hydrogen-bond donors (Lipinski definition) is 1. The number of halogens is 2. The van der Waals surface area contributed by atoms with Gasteiger partial charge in [-0.05, 0) is 25.2 Å². The number of carbonyl (C=O) groups is 1. The lowest BCUT2D eigenvalue weighted by Gasteiger charge is -2.39. The van der Waals surface area contributed by atoms with Crippen molar-refractivity contribution < 1.29 is 13.6 Å². The molecule has 170 valence electrons. The molecule has 2 aromatic rings. The highest BCUT2D eigenvalue weighted by Crippen LogP contribution is 2.39. The topological polar surface area (TPSA) is 63.1 Å². The van der Waals surface area contributed by atoms with E-state index in [-0.39, 0.29) is 43.3 Å². The van der Waals surface area contributed by atoms with Crippen LogP contribution in [0.25, 0.3) is 11.2 Å². The number of hydrogen-bond acceptors (Lipinski definition) is 4. The van der Waals surface area contributed by atoms with Crippen molar-refractivity contribution in [2.75, 3.05) is 13.1 Å². The minimum absolute atomic E-state index is 0.0962. The Kier molecular flexibility index (Phi) is 5.56. The highest BCUT2D eigenvalue weighted by Gasteiger charge is 2.41. The molecule has 31 heavy (non-hydrogen) atoms. The van der Waals surface area contributed by atoms with Crippen LogP contribution < -0.4 is 5.32 Å². The number of carbonyl (C=O) groups excluding carboxylic acids is 1. The molecule has 8 heteroatoms. The van der Waals surface area contributed by atoms with E-state index in [1.165, 1.54) is 0 Å². The lowest BCUT2D eigenvalue weighted by molar-refractivity contribution is -0.142.